The second kappa shape index (κ2) is 11.6. The zero-order valence-electron chi connectivity index (χ0n) is 20.7. The SMILES string of the molecule is CC(C)(C)OC(=O)CN(C(=O)c1c(F)cccc1F)c1cccc(OCc2ccc(CC(=O)O)cc2)c1. The van der Waals surface area contributed by atoms with Crippen LogP contribution in [0.4, 0.5) is 14.5 Å². The first-order valence-corrected chi connectivity index (χ1v) is 11.4. The minimum atomic E-state index is -1.06. The Morgan fingerprint density at radius 2 is 1.49 bits per heavy atom. The summed E-state index contributed by atoms with van der Waals surface area (Å²) in [6.45, 7) is 4.54. The third-order valence-electron chi connectivity index (χ3n) is 5.04. The van der Waals surface area contributed by atoms with Gasteiger partial charge in [-0.3, -0.25) is 19.3 Å². The first-order chi connectivity index (χ1) is 17.4. The summed E-state index contributed by atoms with van der Waals surface area (Å²) in [5.41, 5.74) is -0.0312. The van der Waals surface area contributed by atoms with Gasteiger partial charge in [-0.2, -0.15) is 0 Å². The van der Waals surface area contributed by atoms with E-state index in [9.17, 15) is 23.2 Å². The fraction of sp³-hybridized carbons (Fsp3) is 0.250. The Labute approximate surface area is 213 Å². The molecule has 0 saturated heterocycles. The van der Waals surface area contributed by atoms with Crippen molar-refractivity contribution >= 4 is 23.5 Å². The van der Waals surface area contributed by atoms with E-state index >= 15 is 0 Å². The molecule has 0 bridgehead atoms. The van der Waals surface area contributed by atoms with E-state index in [1.807, 2.05) is 0 Å². The number of amides is 1. The fourth-order valence-electron chi connectivity index (χ4n) is 3.46. The van der Waals surface area contributed by atoms with Gasteiger partial charge in [0.15, 0.2) is 0 Å². The number of nitrogens with zero attached hydrogens (tertiary/aromatic N) is 1. The van der Waals surface area contributed by atoms with Gasteiger partial charge >= 0.3 is 11.9 Å². The molecule has 0 saturated carbocycles. The van der Waals surface area contributed by atoms with Crippen LogP contribution in [0.15, 0.2) is 66.7 Å². The van der Waals surface area contributed by atoms with Crippen molar-refractivity contribution in [2.24, 2.45) is 0 Å². The number of hydrogen-bond donors (Lipinski definition) is 1. The summed E-state index contributed by atoms with van der Waals surface area (Å²) in [5, 5.41) is 8.89. The minimum absolute atomic E-state index is 0.0900. The van der Waals surface area contributed by atoms with Crippen LogP contribution in [0.25, 0.3) is 0 Å². The van der Waals surface area contributed by atoms with Gasteiger partial charge in [-0.05, 0) is 56.2 Å². The van der Waals surface area contributed by atoms with E-state index in [-0.39, 0.29) is 18.7 Å². The molecule has 1 N–H and O–H groups in total. The first kappa shape index (κ1) is 27.3. The van der Waals surface area contributed by atoms with E-state index in [2.05, 4.69) is 0 Å². The van der Waals surface area contributed by atoms with Crippen LogP contribution in [0.3, 0.4) is 0 Å². The number of rotatable bonds is 9. The third-order valence-corrected chi connectivity index (χ3v) is 5.04. The van der Waals surface area contributed by atoms with Crippen molar-refractivity contribution in [1.82, 2.24) is 0 Å². The average Bonchev–Trinajstić information content (AvgIpc) is 2.80. The highest BCUT2D eigenvalue weighted by molar-refractivity contribution is 6.08. The quantitative estimate of drug-likeness (QED) is 0.399. The molecule has 0 atom stereocenters. The van der Waals surface area contributed by atoms with Gasteiger partial charge in [0.25, 0.3) is 5.91 Å². The number of carboxylic acids is 1. The highest BCUT2D eigenvalue weighted by atomic mass is 19.1. The molecule has 1 amide bonds. The van der Waals surface area contributed by atoms with E-state index in [4.69, 9.17) is 14.6 Å². The van der Waals surface area contributed by atoms with E-state index in [1.54, 1.807) is 57.2 Å². The molecule has 7 nitrogen and oxygen atoms in total. The van der Waals surface area contributed by atoms with Crippen molar-refractivity contribution in [2.75, 3.05) is 11.4 Å². The molecule has 37 heavy (non-hydrogen) atoms. The van der Waals surface area contributed by atoms with Crippen LogP contribution < -0.4 is 9.64 Å². The van der Waals surface area contributed by atoms with Crippen molar-refractivity contribution in [1.29, 1.82) is 0 Å². The summed E-state index contributed by atoms with van der Waals surface area (Å²) < 4.78 is 39.9. The third kappa shape index (κ3) is 7.86. The number of aliphatic carboxylic acids is 1. The number of ether oxygens (including phenoxy) is 2. The molecule has 0 spiro atoms. The van der Waals surface area contributed by atoms with Gasteiger partial charge in [0, 0.05) is 11.8 Å². The van der Waals surface area contributed by atoms with Gasteiger partial charge in [0.05, 0.1) is 6.42 Å². The smallest absolute Gasteiger partial charge is 0.326 e. The van der Waals surface area contributed by atoms with Crippen LogP contribution in [0.2, 0.25) is 0 Å². The van der Waals surface area contributed by atoms with E-state index < -0.39 is 47.2 Å². The number of halogens is 2. The number of esters is 1. The molecule has 9 heteroatoms. The van der Waals surface area contributed by atoms with Crippen LogP contribution in [0.1, 0.15) is 42.3 Å². The molecule has 3 rings (SSSR count). The molecule has 0 radical (unpaired) electrons. The summed E-state index contributed by atoms with van der Waals surface area (Å²) in [6.07, 6.45) is -0.0900. The molecule has 0 aromatic heterocycles. The average molecular weight is 512 g/mol. The molecule has 0 unspecified atom stereocenters. The minimum Gasteiger partial charge on any atom is -0.489 e. The van der Waals surface area contributed by atoms with Crippen LogP contribution in [0.5, 0.6) is 5.75 Å². The van der Waals surface area contributed by atoms with Gasteiger partial charge in [0.1, 0.15) is 41.7 Å². The Morgan fingerprint density at radius 3 is 2.08 bits per heavy atom. The predicted molar refractivity (Wildman–Crippen MR) is 132 cm³/mol. The maximum absolute atomic E-state index is 14.4. The highest BCUT2D eigenvalue weighted by Crippen LogP contribution is 2.26. The summed E-state index contributed by atoms with van der Waals surface area (Å²) >= 11 is 0. The number of hydrogen-bond acceptors (Lipinski definition) is 5. The largest absolute Gasteiger partial charge is 0.489 e. The summed E-state index contributed by atoms with van der Waals surface area (Å²) in [4.78, 5) is 37.6. The topological polar surface area (TPSA) is 93.1 Å². The molecule has 3 aromatic carbocycles. The number of anilines is 1. The Bertz CT molecular complexity index is 1260. The zero-order chi connectivity index (χ0) is 27.2. The second-order valence-corrected chi connectivity index (χ2v) is 9.25. The van der Waals surface area contributed by atoms with E-state index in [1.165, 1.54) is 12.1 Å². The molecule has 3 aromatic rings. The number of benzene rings is 3. The van der Waals surface area contributed by atoms with Crippen LogP contribution in [-0.4, -0.2) is 35.1 Å². The normalized spacial score (nSPS) is 11.1. The molecule has 0 aliphatic heterocycles. The molecular weight excluding hydrogens is 484 g/mol. The van der Waals surface area contributed by atoms with Crippen molar-refractivity contribution < 1.29 is 37.7 Å². The van der Waals surface area contributed by atoms with Gasteiger partial charge in [0.2, 0.25) is 0 Å². The zero-order valence-corrected chi connectivity index (χ0v) is 20.7. The van der Waals surface area contributed by atoms with Crippen molar-refractivity contribution in [3.63, 3.8) is 0 Å². The van der Waals surface area contributed by atoms with Gasteiger partial charge < -0.3 is 14.6 Å². The maximum atomic E-state index is 14.4. The number of carbonyl (C=O) groups is 3. The van der Waals surface area contributed by atoms with Crippen LogP contribution >= 0.6 is 0 Å². The molecule has 0 fully saturated rings. The lowest BCUT2D eigenvalue weighted by Gasteiger charge is -2.26. The fourth-order valence-corrected chi connectivity index (χ4v) is 3.46. The Morgan fingerprint density at radius 1 is 0.892 bits per heavy atom. The Kier molecular flexibility index (Phi) is 8.60. The molecule has 0 aliphatic carbocycles. The first-order valence-electron chi connectivity index (χ1n) is 11.4. The number of carboxylic acid groups (broad SMARTS) is 1. The maximum Gasteiger partial charge on any atom is 0.326 e. The lowest BCUT2D eigenvalue weighted by Crippen LogP contribution is -2.39. The molecule has 0 aliphatic rings. The van der Waals surface area contributed by atoms with Crippen molar-refractivity contribution in [3.05, 3.63) is 95.1 Å². The van der Waals surface area contributed by atoms with Gasteiger partial charge in [-0.25, -0.2) is 8.78 Å². The summed E-state index contributed by atoms with van der Waals surface area (Å²) in [5.74, 6) is -4.52. The van der Waals surface area contributed by atoms with Crippen LogP contribution in [0, 0.1) is 11.6 Å². The van der Waals surface area contributed by atoms with Gasteiger partial charge in [-0.15, -0.1) is 0 Å². The molecule has 194 valence electrons. The molecular formula is C28H27F2NO6. The van der Waals surface area contributed by atoms with Crippen molar-refractivity contribution in [2.45, 2.75) is 39.4 Å². The standard InChI is InChI=1S/C28H27F2NO6/c1-28(2,3)37-25(34)16-31(27(35)26-22(29)8-5-9-23(26)30)20-6-4-7-21(15-20)36-17-19-12-10-18(11-13-19)14-24(32)33/h4-13,15H,14,16-17H2,1-3H3,(H,32,33). The Balaban J connectivity index is 1.85. The predicted octanol–water partition coefficient (Wildman–Crippen LogP) is 5.16. The van der Waals surface area contributed by atoms with Crippen LogP contribution in [-0.2, 0) is 27.4 Å². The van der Waals surface area contributed by atoms with E-state index in [0.29, 0.717) is 11.3 Å². The summed E-state index contributed by atoms with van der Waals surface area (Å²) in [7, 11) is 0. The molecule has 0 heterocycles. The van der Waals surface area contributed by atoms with E-state index in [0.717, 1.165) is 28.7 Å². The lowest BCUT2D eigenvalue weighted by molar-refractivity contribution is -0.153. The van der Waals surface area contributed by atoms with Crippen molar-refractivity contribution in [3.8, 4) is 5.75 Å². The highest BCUT2D eigenvalue weighted by Gasteiger charge is 2.28. The van der Waals surface area contributed by atoms with Gasteiger partial charge in [-0.1, -0.05) is 36.4 Å². The monoisotopic (exact) mass is 511 g/mol. The second-order valence-electron chi connectivity index (χ2n) is 9.25. The lowest BCUT2D eigenvalue weighted by atomic mass is 10.1. The Hall–Kier alpha value is -4.27. The number of carbonyl (C=O) groups excluding carboxylic acids is 2. The summed E-state index contributed by atoms with van der Waals surface area (Å²) in [6, 6.07) is 16.1.